The quantitative estimate of drug-likeness (QED) is 0.347. The van der Waals surface area contributed by atoms with Gasteiger partial charge >= 0.3 is 0 Å². The molecular weight excluding hydrogens is 250 g/mol. The second-order valence-corrected chi connectivity index (χ2v) is 5.15. The summed E-state index contributed by atoms with van der Waals surface area (Å²) in [5.74, 6) is 7.92. The van der Waals surface area contributed by atoms with Crippen LogP contribution in [0.3, 0.4) is 0 Å². The van der Waals surface area contributed by atoms with Crippen molar-refractivity contribution in [1.29, 1.82) is 0 Å². The van der Waals surface area contributed by atoms with Crippen LogP contribution in [-0.2, 0) is 6.42 Å². The first-order chi connectivity index (χ1) is 9.72. The van der Waals surface area contributed by atoms with E-state index in [-0.39, 0.29) is 0 Å². The second-order valence-electron chi connectivity index (χ2n) is 5.15. The molecule has 0 saturated carbocycles. The molecule has 1 aromatic rings. The number of anilines is 2. The third-order valence-electron chi connectivity index (χ3n) is 3.47. The molecule has 5 heteroatoms. The molecular formula is C15H29N5. The largest absolute Gasteiger partial charge is 0.370 e. The van der Waals surface area contributed by atoms with Gasteiger partial charge in [-0.05, 0) is 13.3 Å². The number of unbranched alkanes of at least 4 members (excludes halogenated alkanes) is 5. The van der Waals surface area contributed by atoms with E-state index in [9.17, 15) is 0 Å². The van der Waals surface area contributed by atoms with Gasteiger partial charge in [-0.2, -0.15) is 0 Å². The van der Waals surface area contributed by atoms with Gasteiger partial charge in [-0.15, -0.1) is 0 Å². The second kappa shape index (κ2) is 9.53. The summed E-state index contributed by atoms with van der Waals surface area (Å²) in [7, 11) is 0. The highest BCUT2D eigenvalue weighted by Gasteiger charge is 2.08. The van der Waals surface area contributed by atoms with E-state index < -0.39 is 0 Å². The maximum absolute atomic E-state index is 5.50. The van der Waals surface area contributed by atoms with Crippen LogP contribution >= 0.6 is 0 Å². The van der Waals surface area contributed by atoms with Crippen LogP contribution in [0.2, 0.25) is 0 Å². The predicted molar refractivity (Wildman–Crippen MR) is 85.8 cm³/mol. The third kappa shape index (κ3) is 5.33. The molecule has 0 aliphatic heterocycles. The van der Waals surface area contributed by atoms with Crippen molar-refractivity contribution in [3.8, 4) is 0 Å². The molecule has 1 heterocycles. The predicted octanol–water partition coefficient (Wildman–Crippen LogP) is 3.41. The standard InChI is InChI=1S/C15H29N5/c1-4-6-7-8-9-10-11-17-14-12(3)15(20-16)19-13(5-2)18-14/h4-11,16H2,1-3H3,(H2,17,18,19,20). The lowest BCUT2D eigenvalue weighted by atomic mass is 10.1. The summed E-state index contributed by atoms with van der Waals surface area (Å²) < 4.78 is 0. The number of nitrogens with zero attached hydrogens (tertiary/aromatic N) is 2. The van der Waals surface area contributed by atoms with Crippen molar-refractivity contribution in [1.82, 2.24) is 9.97 Å². The van der Waals surface area contributed by atoms with Crippen LogP contribution in [-0.4, -0.2) is 16.5 Å². The molecule has 0 saturated heterocycles. The molecule has 0 aliphatic rings. The molecule has 0 amide bonds. The molecule has 0 aliphatic carbocycles. The highest BCUT2D eigenvalue weighted by Crippen LogP contribution is 2.19. The average Bonchev–Trinajstić information content (AvgIpc) is 2.47. The Labute approximate surface area is 122 Å². The molecule has 114 valence electrons. The van der Waals surface area contributed by atoms with Crippen molar-refractivity contribution < 1.29 is 0 Å². The number of hydrazine groups is 1. The molecule has 0 fully saturated rings. The average molecular weight is 279 g/mol. The zero-order chi connectivity index (χ0) is 14.8. The van der Waals surface area contributed by atoms with Crippen molar-refractivity contribution in [2.45, 2.75) is 65.7 Å². The molecule has 0 unspecified atom stereocenters. The highest BCUT2D eigenvalue weighted by atomic mass is 15.3. The molecule has 1 aromatic heterocycles. The van der Waals surface area contributed by atoms with Gasteiger partial charge in [0.05, 0.1) is 0 Å². The van der Waals surface area contributed by atoms with E-state index in [0.717, 1.165) is 30.2 Å². The van der Waals surface area contributed by atoms with Crippen molar-refractivity contribution in [3.63, 3.8) is 0 Å². The van der Waals surface area contributed by atoms with Gasteiger partial charge in [0.25, 0.3) is 0 Å². The minimum Gasteiger partial charge on any atom is -0.370 e. The van der Waals surface area contributed by atoms with Crippen LogP contribution in [0, 0.1) is 6.92 Å². The van der Waals surface area contributed by atoms with E-state index >= 15 is 0 Å². The van der Waals surface area contributed by atoms with E-state index in [1.165, 1.54) is 38.5 Å². The van der Waals surface area contributed by atoms with Crippen LogP contribution < -0.4 is 16.6 Å². The fourth-order valence-electron chi connectivity index (χ4n) is 2.15. The summed E-state index contributed by atoms with van der Waals surface area (Å²) >= 11 is 0. The number of hydrogen-bond acceptors (Lipinski definition) is 5. The lowest BCUT2D eigenvalue weighted by molar-refractivity contribution is 0.616. The van der Waals surface area contributed by atoms with Gasteiger partial charge in [-0.25, -0.2) is 15.8 Å². The van der Waals surface area contributed by atoms with Gasteiger partial charge in [-0.1, -0.05) is 46.0 Å². The van der Waals surface area contributed by atoms with Crippen LogP contribution in [0.4, 0.5) is 11.6 Å². The zero-order valence-electron chi connectivity index (χ0n) is 13.1. The normalized spacial score (nSPS) is 10.6. The molecule has 4 N–H and O–H groups in total. The first-order valence-corrected chi connectivity index (χ1v) is 7.80. The number of hydrogen-bond donors (Lipinski definition) is 3. The van der Waals surface area contributed by atoms with Crippen molar-refractivity contribution in [2.24, 2.45) is 5.84 Å². The van der Waals surface area contributed by atoms with Gasteiger partial charge in [0, 0.05) is 18.5 Å². The fraction of sp³-hybridized carbons (Fsp3) is 0.733. The summed E-state index contributed by atoms with van der Waals surface area (Å²) in [4.78, 5) is 8.89. The molecule has 5 nitrogen and oxygen atoms in total. The summed E-state index contributed by atoms with van der Waals surface area (Å²) in [6, 6.07) is 0. The number of rotatable bonds is 10. The first-order valence-electron chi connectivity index (χ1n) is 7.80. The van der Waals surface area contributed by atoms with Crippen LogP contribution in [0.1, 0.15) is 63.8 Å². The number of aryl methyl sites for hydroxylation is 1. The van der Waals surface area contributed by atoms with Crippen LogP contribution in [0.5, 0.6) is 0 Å². The summed E-state index contributed by atoms with van der Waals surface area (Å²) in [5, 5.41) is 3.41. The molecule has 20 heavy (non-hydrogen) atoms. The minimum absolute atomic E-state index is 0.710. The van der Waals surface area contributed by atoms with Gasteiger partial charge in [-0.3, -0.25) is 0 Å². The Balaban J connectivity index is 2.43. The maximum atomic E-state index is 5.50. The number of nitrogens with two attached hydrogens (primary N) is 1. The third-order valence-corrected chi connectivity index (χ3v) is 3.47. The van der Waals surface area contributed by atoms with Gasteiger partial charge < -0.3 is 10.7 Å². The number of nitrogens with one attached hydrogen (secondary N) is 2. The minimum atomic E-state index is 0.710. The van der Waals surface area contributed by atoms with Gasteiger partial charge in [0.15, 0.2) is 0 Å². The van der Waals surface area contributed by atoms with Gasteiger partial charge in [0.2, 0.25) is 0 Å². The van der Waals surface area contributed by atoms with Crippen molar-refractivity contribution in [3.05, 3.63) is 11.4 Å². The Bertz CT molecular complexity index is 392. The molecule has 0 spiro atoms. The summed E-state index contributed by atoms with van der Waals surface area (Å²) in [6.07, 6.45) is 8.59. The number of nitrogen functional groups attached to an aromatic ring is 1. The van der Waals surface area contributed by atoms with Crippen LogP contribution in [0.25, 0.3) is 0 Å². The Hall–Kier alpha value is -1.36. The molecule has 1 rings (SSSR count). The van der Waals surface area contributed by atoms with Crippen LogP contribution in [0.15, 0.2) is 0 Å². The van der Waals surface area contributed by atoms with E-state index in [2.05, 4.69) is 27.6 Å². The zero-order valence-corrected chi connectivity index (χ0v) is 13.1. The van der Waals surface area contributed by atoms with Gasteiger partial charge in [0.1, 0.15) is 17.5 Å². The molecule has 0 atom stereocenters. The van der Waals surface area contributed by atoms with E-state index in [1.54, 1.807) is 0 Å². The first kappa shape index (κ1) is 16.7. The summed E-state index contributed by atoms with van der Waals surface area (Å²) in [6.45, 7) is 7.23. The summed E-state index contributed by atoms with van der Waals surface area (Å²) in [5.41, 5.74) is 3.63. The fourth-order valence-corrected chi connectivity index (χ4v) is 2.15. The van der Waals surface area contributed by atoms with Crippen molar-refractivity contribution >= 4 is 11.6 Å². The Morgan fingerprint density at radius 2 is 1.60 bits per heavy atom. The number of aromatic nitrogens is 2. The SMILES string of the molecule is CCCCCCCCNc1nc(CC)nc(NN)c1C. The monoisotopic (exact) mass is 279 g/mol. The lowest BCUT2D eigenvalue weighted by Crippen LogP contribution is -2.15. The molecule has 0 aromatic carbocycles. The van der Waals surface area contributed by atoms with E-state index in [1.807, 2.05) is 13.8 Å². The Morgan fingerprint density at radius 3 is 2.25 bits per heavy atom. The maximum Gasteiger partial charge on any atom is 0.148 e. The van der Waals surface area contributed by atoms with Crippen molar-refractivity contribution in [2.75, 3.05) is 17.3 Å². The Morgan fingerprint density at radius 1 is 0.950 bits per heavy atom. The smallest absolute Gasteiger partial charge is 0.148 e. The Kier molecular flexibility index (Phi) is 7.95. The lowest BCUT2D eigenvalue weighted by Gasteiger charge is -2.13. The molecule has 0 bridgehead atoms. The van der Waals surface area contributed by atoms with E-state index in [4.69, 9.17) is 5.84 Å². The topological polar surface area (TPSA) is 75.9 Å². The molecule has 0 radical (unpaired) electrons. The van der Waals surface area contributed by atoms with E-state index in [0.29, 0.717) is 5.82 Å². The highest BCUT2D eigenvalue weighted by molar-refractivity contribution is 5.56.